The number of amides is 1. The van der Waals surface area contributed by atoms with Crippen molar-refractivity contribution in [2.24, 2.45) is 0 Å². The van der Waals surface area contributed by atoms with Gasteiger partial charge in [-0.15, -0.1) is 6.58 Å². The normalized spacial score (nSPS) is 11.0. The minimum absolute atomic E-state index is 0.109. The highest BCUT2D eigenvalue weighted by Crippen LogP contribution is 2.36. The fourth-order valence-corrected chi connectivity index (χ4v) is 2.98. The van der Waals surface area contributed by atoms with Gasteiger partial charge in [-0.25, -0.2) is 10.5 Å². The van der Waals surface area contributed by atoms with Crippen LogP contribution >= 0.6 is 0 Å². The van der Waals surface area contributed by atoms with Crippen LogP contribution in [0.1, 0.15) is 49.0 Å². The van der Waals surface area contributed by atoms with Crippen molar-refractivity contribution in [2.45, 2.75) is 38.5 Å². The molecule has 0 saturated carbocycles. The van der Waals surface area contributed by atoms with Gasteiger partial charge in [-0.2, -0.15) is 0 Å². The van der Waals surface area contributed by atoms with Crippen LogP contribution in [0.15, 0.2) is 55.3 Å². The van der Waals surface area contributed by atoms with Gasteiger partial charge in [0, 0.05) is 12.3 Å². The van der Waals surface area contributed by atoms with E-state index in [0.29, 0.717) is 11.6 Å². The topological polar surface area (TPSA) is 71.5 Å². The third kappa shape index (κ3) is 4.25. The zero-order valence-electron chi connectivity index (χ0n) is 14.7. The van der Waals surface area contributed by atoms with Gasteiger partial charge >= 0.3 is 0 Å². The summed E-state index contributed by atoms with van der Waals surface area (Å²) in [7, 11) is 0. The van der Waals surface area contributed by atoms with Crippen LogP contribution < -0.4 is 10.2 Å². The lowest BCUT2D eigenvalue weighted by Gasteiger charge is -2.31. The fourth-order valence-electron chi connectivity index (χ4n) is 2.98. The van der Waals surface area contributed by atoms with Gasteiger partial charge < -0.3 is 4.74 Å². The Hall–Kier alpha value is -2.66. The number of nitrogens with one attached hydrogen (secondary N) is 1. The van der Waals surface area contributed by atoms with Crippen molar-refractivity contribution in [1.29, 1.82) is 0 Å². The van der Waals surface area contributed by atoms with Crippen LogP contribution in [0.5, 0.6) is 11.6 Å². The van der Waals surface area contributed by atoms with Crippen molar-refractivity contribution >= 4 is 5.91 Å². The van der Waals surface area contributed by atoms with Gasteiger partial charge in [0.05, 0.1) is 5.56 Å². The van der Waals surface area contributed by atoms with Crippen LogP contribution in [0, 0.1) is 0 Å². The summed E-state index contributed by atoms with van der Waals surface area (Å²) in [4.78, 5) is 15.3. The Morgan fingerprint density at radius 3 is 2.40 bits per heavy atom. The molecule has 5 nitrogen and oxygen atoms in total. The van der Waals surface area contributed by atoms with E-state index in [-0.39, 0.29) is 11.0 Å². The molecule has 0 fully saturated rings. The molecule has 0 unspecified atom stereocenters. The molecule has 1 amide bonds. The van der Waals surface area contributed by atoms with Crippen LogP contribution in [-0.4, -0.2) is 16.1 Å². The number of ether oxygens (including phenoxy) is 1. The van der Waals surface area contributed by atoms with E-state index in [4.69, 9.17) is 9.94 Å². The number of hydrogen-bond acceptors (Lipinski definition) is 4. The molecule has 0 aliphatic heterocycles. The second-order valence-corrected chi connectivity index (χ2v) is 5.93. The van der Waals surface area contributed by atoms with Crippen LogP contribution in [0.3, 0.4) is 0 Å². The fraction of sp³-hybridized carbons (Fsp3) is 0.300. The maximum atomic E-state index is 11.3. The van der Waals surface area contributed by atoms with Crippen LogP contribution in [-0.2, 0) is 5.41 Å². The summed E-state index contributed by atoms with van der Waals surface area (Å²) >= 11 is 0. The summed E-state index contributed by atoms with van der Waals surface area (Å²) in [5, 5.41) is 8.60. The Labute approximate surface area is 148 Å². The highest BCUT2D eigenvalue weighted by atomic mass is 16.5. The highest BCUT2D eigenvalue weighted by molar-refractivity contribution is 5.92. The summed E-state index contributed by atoms with van der Waals surface area (Å²) < 4.78 is 5.72. The smallest absolute Gasteiger partial charge is 0.276 e. The summed E-state index contributed by atoms with van der Waals surface area (Å²) in [6.45, 7) is 8.29. The van der Waals surface area contributed by atoms with E-state index in [1.54, 1.807) is 11.5 Å². The lowest BCUT2D eigenvalue weighted by atomic mass is 9.73. The van der Waals surface area contributed by atoms with Gasteiger partial charge in [-0.1, -0.05) is 32.1 Å². The molecular formula is C20H24N2O3. The van der Waals surface area contributed by atoms with Gasteiger partial charge in [0.25, 0.3) is 5.91 Å². The van der Waals surface area contributed by atoms with E-state index in [1.165, 1.54) is 17.8 Å². The molecule has 5 heteroatoms. The Morgan fingerprint density at radius 1 is 1.24 bits per heavy atom. The van der Waals surface area contributed by atoms with Crippen LogP contribution in [0.2, 0.25) is 0 Å². The number of carbonyl (C=O) groups is 1. The highest BCUT2D eigenvalue weighted by Gasteiger charge is 2.26. The molecule has 0 aliphatic carbocycles. The number of pyridine rings is 1. The van der Waals surface area contributed by atoms with Crippen LogP contribution in [0.25, 0.3) is 0 Å². The lowest BCUT2D eigenvalue weighted by Crippen LogP contribution is -2.23. The van der Waals surface area contributed by atoms with Gasteiger partial charge in [0.2, 0.25) is 5.88 Å². The number of aromatic nitrogens is 1. The molecule has 1 aromatic heterocycles. The third-order valence-corrected chi connectivity index (χ3v) is 4.68. The van der Waals surface area contributed by atoms with E-state index in [9.17, 15) is 4.79 Å². The van der Waals surface area contributed by atoms with E-state index in [0.717, 1.165) is 19.3 Å². The first-order valence-corrected chi connectivity index (χ1v) is 8.38. The van der Waals surface area contributed by atoms with Crippen molar-refractivity contribution < 1.29 is 14.7 Å². The molecule has 1 aromatic carbocycles. The number of hydroxylamine groups is 1. The second kappa shape index (κ2) is 8.44. The lowest BCUT2D eigenvalue weighted by molar-refractivity contribution is 0.0706. The first-order chi connectivity index (χ1) is 12.1. The van der Waals surface area contributed by atoms with Gasteiger partial charge in [-0.05, 0) is 48.4 Å². The SMILES string of the molecule is C=CCC(CC)(CC)c1ccc(Oc2ccc(C(=O)NO)cn2)cc1. The van der Waals surface area contributed by atoms with Crippen molar-refractivity contribution in [3.63, 3.8) is 0 Å². The standard InChI is InChI=1S/C20H24N2O3/c1-4-13-20(5-2,6-3)16-8-10-17(11-9-16)25-18-12-7-15(14-21-18)19(23)22-24/h4,7-12,14,24H,1,5-6,13H2,2-3H3,(H,22,23). The first kappa shape index (κ1) is 18.7. The second-order valence-electron chi connectivity index (χ2n) is 5.93. The number of benzene rings is 1. The molecule has 0 bridgehead atoms. The molecule has 0 aliphatic rings. The van der Waals surface area contributed by atoms with Gasteiger partial charge in [-0.3, -0.25) is 10.0 Å². The molecular weight excluding hydrogens is 316 g/mol. The Morgan fingerprint density at radius 2 is 1.92 bits per heavy atom. The van der Waals surface area contributed by atoms with E-state index >= 15 is 0 Å². The zero-order valence-corrected chi connectivity index (χ0v) is 14.7. The summed E-state index contributed by atoms with van der Waals surface area (Å²) in [5.41, 5.74) is 3.20. The minimum atomic E-state index is -0.610. The molecule has 0 radical (unpaired) electrons. The maximum Gasteiger partial charge on any atom is 0.276 e. The summed E-state index contributed by atoms with van der Waals surface area (Å²) in [5.74, 6) is 0.446. The number of nitrogens with zero attached hydrogens (tertiary/aromatic N) is 1. The zero-order chi connectivity index (χ0) is 18.3. The Bertz CT molecular complexity index is 705. The molecule has 2 N–H and O–H groups in total. The van der Waals surface area contributed by atoms with Crippen molar-refractivity contribution in [1.82, 2.24) is 10.5 Å². The molecule has 2 rings (SSSR count). The van der Waals surface area contributed by atoms with Crippen LogP contribution in [0.4, 0.5) is 0 Å². The van der Waals surface area contributed by atoms with Gasteiger partial charge in [0.15, 0.2) is 0 Å². The molecule has 132 valence electrons. The summed E-state index contributed by atoms with van der Waals surface area (Å²) in [6, 6.07) is 11.1. The number of allylic oxidation sites excluding steroid dienone is 1. The molecule has 0 saturated heterocycles. The molecule has 25 heavy (non-hydrogen) atoms. The van der Waals surface area contributed by atoms with Crippen molar-refractivity contribution in [2.75, 3.05) is 0 Å². The monoisotopic (exact) mass is 340 g/mol. The van der Waals surface area contributed by atoms with Crippen molar-refractivity contribution in [3.8, 4) is 11.6 Å². The maximum absolute atomic E-state index is 11.3. The average Bonchev–Trinajstić information content (AvgIpc) is 2.67. The first-order valence-electron chi connectivity index (χ1n) is 8.38. The molecule has 0 atom stereocenters. The van der Waals surface area contributed by atoms with E-state index in [2.05, 4.69) is 37.5 Å². The molecule has 1 heterocycles. The third-order valence-electron chi connectivity index (χ3n) is 4.68. The number of carbonyl (C=O) groups excluding carboxylic acids is 1. The number of hydrogen-bond donors (Lipinski definition) is 2. The summed E-state index contributed by atoms with van der Waals surface area (Å²) in [6.07, 6.45) is 6.36. The molecule has 0 spiro atoms. The molecule has 2 aromatic rings. The van der Waals surface area contributed by atoms with Gasteiger partial charge in [0.1, 0.15) is 5.75 Å². The largest absolute Gasteiger partial charge is 0.439 e. The average molecular weight is 340 g/mol. The Balaban J connectivity index is 2.14. The minimum Gasteiger partial charge on any atom is -0.439 e. The predicted molar refractivity (Wildman–Crippen MR) is 97.1 cm³/mol. The predicted octanol–water partition coefficient (Wildman–Crippen LogP) is 4.63. The Kier molecular flexibility index (Phi) is 6.31. The van der Waals surface area contributed by atoms with E-state index in [1.807, 2.05) is 18.2 Å². The van der Waals surface area contributed by atoms with E-state index < -0.39 is 5.91 Å². The quantitative estimate of drug-likeness (QED) is 0.418. The van der Waals surface area contributed by atoms with Crippen molar-refractivity contribution in [3.05, 3.63) is 66.4 Å². The number of rotatable bonds is 8.